The van der Waals surface area contributed by atoms with Gasteiger partial charge in [-0.1, -0.05) is 6.58 Å². The van der Waals surface area contributed by atoms with Crippen molar-refractivity contribution >= 4 is 27.2 Å². The molecule has 2 aliphatic rings. The fourth-order valence-electron chi connectivity index (χ4n) is 3.78. The van der Waals surface area contributed by atoms with Gasteiger partial charge in [0.05, 0.1) is 4.90 Å². The number of aliphatic imine (C=N–C) groups is 1. The monoisotopic (exact) mass is 467 g/mol. The Kier molecular flexibility index (Phi) is 6.71. The Morgan fingerprint density at radius 3 is 2.70 bits per heavy atom. The van der Waals surface area contributed by atoms with Crippen LogP contribution >= 0.6 is 0 Å². The lowest BCUT2D eigenvalue weighted by molar-refractivity contribution is 0.474. The SMILES string of the molecule is C=C(N=C(/C=C\N)N1CCCc2cc(O)ccc21)Nc1ccc(S(=O)(=O)NCC2CC2)cc1. The number of hydrogen-bond acceptors (Lipinski definition) is 6. The lowest BCUT2D eigenvalue weighted by Crippen LogP contribution is -2.34. The molecule has 1 aliphatic carbocycles. The smallest absolute Gasteiger partial charge is 0.240 e. The highest BCUT2D eigenvalue weighted by Gasteiger charge is 2.24. The predicted molar refractivity (Wildman–Crippen MR) is 132 cm³/mol. The number of hydrogen-bond donors (Lipinski definition) is 4. The number of phenolic OH excluding ortho intramolecular Hbond substituents is 1. The van der Waals surface area contributed by atoms with Crippen LogP contribution in [0.2, 0.25) is 0 Å². The van der Waals surface area contributed by atoms with E-state index in [0.717, 1.165) is 43.5 Å². The molecule has 1 saturated carbocycles. The number of fused-ring (bicyclic) bond motifs is 1. The van der Waals surface area contributed by atoms with E-state index in [9.17, 15) is 13.5 Å². The summed E-state index contributed by atoms with van der Waals surface area (Å²) in [6.45, 7) is 5.24. The highest BCUT2D eigenvalue weighted by atomic mass is 32.2. The lowest BCUT2D eigenvalue weighted by Gasteiger charge is -2.31. The standard InChI is InChI=1S/C24H29N5O3S/c1-17(27-20-6-9-22(10-7-20)33(31,32)26-16-18-4-5-18)28-24(12-13-25)29-14-2-3-19-15-21(30)8-11-23(19)29/h6-13,15,18,26-27,30H,1-5,14,16,25H2/b13-12-,28-24?. The second-order valence-electron chi connectivity index (χ2n) is 8.29. The lowest BCUT2D eigenvalue weighted by atomic mass is 10.0. The van der Waals surface area contributed by atoms with Gasteiger partial charge in [0.2, 0.25) is 10.0 Å². The summed E-state index contributed by atoms with van der Waals surface area (Å²) in [5.74, 6) is 1.71. The highest BCUT2D eigenvalue weighted by molar-refractivity contribution is 7.89. The Hall–Kier alpha value is -3.30. The van der Waals surface area contributed by atoms with E-state index in [-0.39, 0.29) is 10.6 Å². The number of rotatable bonds is 8. The van der Waals surface area contributed by atoms with Crippen molar-refractivity contribution in [1.29, 1.82) is 0 Å². The number of aromatic hydroxyl groups is 1. The third-order valence-electron chi connectivity index (χ3n) is 5.67. The van der Waals surface area contributed by atoms with E-state index in [0.29, 0.717) is 29.8 Å². The number of anilines is 2. The van der Waals surface area contributed by atoms with E-state index in [4.69, 9.17) is 5.73 Å². The van der Waals surface area contributed by atoms with E-state index in [2.05, 4.69) is 21.6 Å². The van der Waals surface area contributed by atoms with Gasteiger partial charge in [0, 0.05) is 24.5 Å². The summed E-state index contributed by atoms with van der Waals surface area (Å²) in [5.41, 5.74) is 8.36. The van der Waals surface area contributed by atoms with Gasteiger partial charge in [-0.25, -0.2) is 18.1 Å². The second-order valence-corrected chi connectivity index (χ2v) is 10.1. The summed E-state index contributed by atoms with van der Waals surface area (Å²) in [6.07, 6.45) is 7.09. The second kappa shape index (κ2) is 9.68. The van der Waals surface area contributed by atoms with Crippen LogP contribution in [0.4, 0.5) is 11.4 Å². The minimum atomic E-state index is -3.51. The summed E-state index contributed by atoms with van der Waals surface area (Å²) in [6, 6.07) is 11.8. The first-order valence-electron chi connectivity index (χ1n) is 11.0. The maximum Gasteiger partial charge on any atom is 0.240 e. The number of amidine groups is 1. The van der Waals surface area contributed by atoms with Gasteiger partial charge in [-0.15, -0.1) is 0 Å². The number of nitrogens with two attached hydrogens (primary N) is 1. The van der Waals surface area contributed by atoms with Crippen LogP contribution < -0.4 is 20.7 Å². The molecule has 1 aliphatic heterocycles. The Morgan fingerprint density at radius 1 is 1.24 bits per heavy atom. The van der Waals surface area contributed by atoms with Gasteiger partial charge in [0.15, 0.2) is 0 Å². The molecular weight excluding hydrogens is 438 g/mol. The first-order valence-corrected chi connectivity index (χ1v) is 12.5. The number of aryl methyl sites for hydroxylation is 1. The summed E-state index contributed by atoms with van der Waals surface area (Å²) in [4.78, 5) is 6.87. The molecule has 1 heterocycles. The van der Waals surface area contributed by atoms with E-state index < -0.39 is 10.0 Å². The molecule has 33 heavy (non-hydrogen) atoms. The van der Waals surface area contributed by atoms with Crippen LogP contribution in [0.1, 0.15) is 24.8 Å². The molecule has 0 unspecified atom stereocenters. The van der Waals surface area contributed by atoms with Crippen molar-refractivity contribution in [1.82, 2.24) is 4.72 Å². The number of nitrogens with zero attached hydrogens (tertiary/aromatic N) is 2. The van der Waals surface area contributed by atoms with Gasteiger partial charge in [-0.05, 0) is 91.9 Å². The Labute approximate surface area is 194 Å². The van der Waals surface area contributed by atoms with Crippen molar-refractivity contribution in [3.8, 4) is 5.75 Å². The van der Waals surface area contributed by atoms with Crippen LogP contribution in [0.3, 0.4) is 0 Å². The molecule has 2 aromatic carbocycles. The quantitative estimate of drug-likeness (QED) is 0.349. The molecule has 2 aromatic rings. The molecule has 0 amide bonds. The Balaban J connectivity index is 1.47. The third kappa shape index (κ3) is 5.74. The van der Waals surface area contributed by atoms with Gasteiger partial charge in [0.25, 0.3) is 0 Å². The van der Waals surface area contributed by atoms with Gasteiger partial charge in [-0.3, -0.25) is 0 Å². The molecule has 174 valence electrons. The highest BCUT2D eigenvalue weighted by Crippen LogP contribution is 2.31. The van der Waals surface area contributed by atoms with Gasteiger partial charge >= 0.3 is 0 Å². The van der Waals surface area contributed by atoms with E-state index in [1.807, 2.05) is 11.0 Å². The van der Waals surface area contributed by atoms with Crippen molar-refractivity contribution in [2.45, 2.75) is 30.6 Å². The average molecular weight is 468 g/mol. The first-order chi connectivity index (χ1) is 15.9. The Morgan fingerprint density at radius 2 is 2.00 bits per heavy atom. The maximum atomic E-state index is 12.4. The van der Waals surface area contributed by atoms with Crippen LogP contribution in [0.5, 0.6) is 5.75 Å². The largest absolute Gasteiger partial charge is 0.508 e. The van der Waals surface area contributed by atoms with Gasteiger partial charge < -0.3 is 21.1 Å². The number of nitrogens with one attached hydrogen (secondary N) is 2. The fourth-order valence-corrected chi connectivity index (χ4v) is 4.89. The molecule has 1 fully saturated rings. The minimum absolute atomic E-state index is 0.225. The van der Waals surface area contributed by atoms with Crippen LogP contribution in [-0.2, 0) is 16.4 Å². The molecule has 0 radical (unpaired) electrons. The summed E-state index contributed by atoms with van der Waals surface area (Å²) < 4.78 is 27.5. The topological polar surface area (TPSA) is 120 Å². The van der Waals surface area contributed by atoms with Crippen molar-refractivity contribution in [2.75, 3.05) is 23.3 Å². The molecule has 9 heteroatoms. The zero-order chi connectivity index (χ0) is 23.4. The van der Waals surface area contributed by atoms with E-state index >= 15 is 0 Å². The normalized spacial score (nSPS) is 16.6. The molecular formula is C24H29N5O3S. The number of sulfonamides is 1. The molecule has 0 atom stereocenters. The minimum Gasteiger partial charge on any atom is -0.508 e. The molecule has 4 rings (SSSR count). The van der Waals surface area contributed by atoms with Crippen molar-refractivity contribution in [3.05, 3.63) is 72.7 Å². The zero-order valence-electron chi connectivity index (χ0n) is 18.4. The first kappa shape index (κ1) is 22.9. The van der Waals surface area contributed by atoms with Gasteiger partial charge in [-0.2, -0.15) is 0 Å². The third-order valence-corrected chi connectivity index (χ3v) is 7.10. The zero-order valence-corrected chi connectivity index (χ0v) is 19.2. The molecule has 5 N–H and O–H groups in total. The molecule has 0 aromatic heterocycles. The van der Waals surface area contributed by atoms with Crippen LogP contribution in [0.15, 0.2) is 77.0 Å². The molecule has 0 saturated heterocycles. The van der Waals surface area contributed by atoms with Crippen molar-refractivity contribution in [3.63, 3.8) is 0 Å². The van der Waals surface area contributed by atoms with Crippen LogP contribution in [-0.4, -0.2) is 32.4 Å². The van der Waals surface area contributed by atoms with Crippen molar-refractivity contribution in [2.24, 2.45) is 16.6 Å². The average Bonchev–Trinajstić information content (AvgIpc) is 3.62. The molecule has 8 nitrogen and oxygen atoms in total. The fraction of sp³-hybridized carbons (Fsp3) is 0.292. The molecule has 0 spiro atoms. The summed E-state index contributed by atoms with van der Waals surface area (Å²) >= 11 is 0. The number of phenols is 1. The van der Waals surface area contributed by atoms with E-state index in [1.54, 1.807) is 42.5 Å². The maximum absolute atomic E-state index is 12.4. The van der Waals surface area contributed by atoms with Crippen LogP contribution in [0.25, 0.3) is 0 Å². The van der Waals surface area contributed by atoms with Crippen LogP contribution in [0, 0.1) is 5.92 Å². The van der Waals surface area contributed by atoms with Gasteiger partial charge in [0.1, 0.15) is 17.4 Å². The predicted octanol–water partition coefficient (Wildman–Crippen LogP) is 3.29. The van der Waals surface area contributed by atoms with E-state index in [1.165, 1.54) is 6.20 Å². The summed E-state index contributed by atoms with van der Waals surface area (Å²) in [5, 5.41) is 12.9. The van der Waals surface area contributed by atoms with Crippen molar-refractivity contribution < 1.29 is 13.5 Å². The molecule has 0 bridgehead atoms. The summed E-state index contributed by atoms with van der Waals surface area (Å²) in [7, 11) is -3.51. The number of benzene rings is 2. The Bertz CT molecular complexity index is 1190.